The van der Waals surface area contributed by atoms with Gasteiger partial charge in [0.15, 0.2) is 0 Å². The first-order valence-electron chi connectivity index (χ1n) is 10.3. The summed E-state index contributed by atoms with van der Waals surface area (Å²) in [6, 6.07) is 12.3. The zero-order chi connectivity index (χ0) is 22.9. The molecule has 1 aliphatic carbocycles. The van der Waals surface area contributed by atoms with Crippen LogP contribution >= 0.6 is 0 Å². The number of non-ortho nitro benzene ring substituents is 1. The summed E-state index contributed by atoms with van der Waals surface area (Å²) >= 11 is 0. The van der Waals surface area contributed by atoms with E-state index in [4.69, 9.17) is 0 Å². The number of hydrogen-bond acceptors (Lipinski definition) is 6. The molecule has 2 aromatic carbocycles. The van der Waals surface area contributed by atoms with Gasteiger partial charge < -0.3 is 10.0 Å². The molecule has 7 nitrogen and oxygen atoms in total. The van der Waals surface area contributed by atoms with Gasteiger partial charge in [0.25, 0.3) is 5.69 Å². The molecule has 0 bridgehead atoms. The molecular weight excluding hydrogens is 406 g/mol. The second-order valence-electron chi connectivity index (χ2n) is 8.73. The number of hydrogen-bond donors (Lipinski definition) is 1. The second kappa shape index (κ2) is 6.50. The molecule has 2 aliphatic heterocycles. The number of nitro benzene ring substituents is 1. The first-order valence-corrected chi connectivity index (χ1v) is 10.3. The Morgan fingerprint density at radius 2 is 1.88 bits per heavy atom. The lowest BCUT2D eigenvalue weighted by Gasteiger charge is -2.27. The van der Waals surface area contributed by atoms with Crippen LogP contribution in [-0.2, 0) is 10.2 Å². The van der Waals surface area contributed by atoms with Crippen LogP contribution in [0.2, 0.25) is 0 Å². The minimum atomic E-state index is -0.579. The van der Waals surface area contributed by atoms with Crippen LogP contribution in [0.5, 0.6) is 0 Å². The highest BCUT2D eigenvalue weighted by Crippen LogP contribution is 2.50. The highest BCUT2D eigenvalue weighted by Gasteiger charge is 2.43. The van der Waals surface area contributed by atoms with Crippen molar-refractivity contribution in [3.8, 4) is 0 Å². The number of Topliss-reactive ketones (excluding diaryl/α,β-unsaturated/α-hetero) is 1. The summed E-state index contributed by atoms with van der Waals surface area (Å²) in [6.07, 6.45) is 1.70. The lowest BCUT2D eigenvalue weighted by Crippen LogP contribution is -2.28. The fourth-order valence-corrected chi connectivity index (χ4v) is 4.85. The van der Waals surface area contributed by atoms with Crippen molar-refractivity contribution in [2.75, 3.05) is 11.9 Å². The van der Waals surface area contributed by atoms with Gasteiger partial charge in [-0.05, 0) is 30.7 Å². The van der Waals surface area contributed by atoms with E-state index in [0.29, 0.717) is 11.3 Å². The lowest BCUT2D eigenvalue weighted by atomic mass is 9.78. The van der Waals surface area contributed by atoms with E-state index in [-0.39, 0.29) is 28.4 Å². The Morgan fingerprint density at radius 3 is 2.56 bits per heavy atom. The predicted octanol–water partition coefficient (Wildman–Crippen LogP) is 5.16. The number of ketones is 1. The van der Waals surface area contributed by atoms with Crippen molar-refractivity contribution in [3.05, 3.63) is 92.4 Å². The van der Waals surface area contributed by atoms with E-state index in [2.05, 4.69) is 4.99 Å². The number of benzene rings is 2. The maximum Gasteiger partial charge on any atom is 0.269 e. The lowest BCUT2D eigenvalue weighted by molar-refractivity contribution is -0.384. The highest BCUT2D eigenvalue weighted by molar-refractivity contribution is 6.38. The minimum Gasteiger partial charge on any atom is -0.506 e. The number of carbonyl (C=O) groups excluding carboxylic acids is 1. The number of allylic oxidation sites excluding steroid dienone is 5. The highest BCUT2D eigenvalue weighted by atomic mass is 16.6. The number of rotatable bonds is 2. The molecule has 0 aromatic heterocycles. The molecule has 32 heavy (non-hydrogen) atoms. The van der Waals surface area contributed by atoms with Gasteiger partial charge >= 0.3 is 0 Å². The summed E-state index contributed by atoms with van der Waals surface area (Å²) in [5.41, 5.74) is 5.38. The summed E-state index contributed by atoms with van der Waals surface area (Å²) in [5, 5.41) is 22.1. The quantitative estimate of drug-likeness (QED) is 0.406. The third-order valence-corrected chi connectivity index (χ3v) is 6.55. The van der Waals surface area contributed by atoms with E-state index in [1.165, 1.54) is 6.07 Å². The summed E-state index contributed by atoms with van der Waals surface area (Å²) in [4.78, 5) is 30.4. The SMILES string of the molecule is CC1=Nc2ccccc2C1=C1C(=O)C(C=C2N(C)c3ccc([N+](=O)[O-])cc3C2(C)C)=C1O. The van der Waals surface area contributed by atoms with Crippen LogP contribution in [0.1, 0.15) is 31.9 Å². The number of fused-ring (bicyclic) bond motifs is 2. The van der Waals surface area contributed by atoms with Gasteiger partial charge in [0.2, 0.25) is 5.78 Å². The molecule has 0 radical (unpaired) electrons. The molecule has 2 aromatic rings. The van der Waals surface area contributed by atoms with Gasteiger partial charge in [-0.2, -0.15) is 0 Å². The third-order valence-electron chi connectivity index (χ3n) is 6.55. The number of likely N-dealkylation sites (N-methyl/N-ethyl adjacent to an activating group) is 1. The average Bonchev–Trinajstić information content (AvgIpc) is 3.17. The summed E-state index contributed by atoms with van der Waals surface area (Å²) < 4.78 is 0. The molecule has 0 saturated carbocycles. The molecule has 0 saturated heterocycles. The Labute approximate surface area is 184 Å². The summed E-state index contributed by atoms with van der Waals surface area (Å²) in [5.74, 6) is -0.280. The van der Waals surface area contributed by atoms with E-state index in [1.54, 1.807) is 18.2 Å². The van der Waals surface area contributed by atoms with Gasteiger partial charge in [0.1, 0.15) is 5.76 Å². The van der Waals surface area contributed by atoms with Crippen molar-refractivity contribution in [2.45, 2.75) is 26.2 Å². The van der Waals surface area contributed by atoms with E-state index in [1.807, 2.05) is 57.0 Å². The Bertz CT molecular complexity index is 1380. The van der Waals surface area contributed by atoms with Crippen LogP contribution in [0.4, 0.5) is 17.1 Å². The van der Waals surface area contributed by atoms with E-state index < -0.39 is 10.3 Å². The molecule has 0 unspecified atom stereocenters. The molecule has 2 heterocycles. The Hall–Kier alpha value is -4.00. The van der Waals surface area contributed by atoms with Crippen molar-refractivity contribution in [3.63, 3.8) is 0 Å². The zero-order valence-electron chi connectivity index (χ0n) is 18.1. The first kappa shape index (κ1) is 19.9. The van der Waals surface area contributed by atoms with Gasteiger partial charge in [-0.1, -0.05) is 32.0 Å². The number of para-hydroxylation sites is 1. The minimum absolute atomic E-state index is 0.0231. The first-order chi connectivity index (χ1) is 15.1. The van der Waals surface area contributed by atoms with Crippen molar-refractivity contribution in [1.29, 1.82) is 0 Å². The van der Waals surface area contributed by atoms with E-state index in [9.17, 15) is 20.0 Å². The molecule has 3 aliphatic rings. The fourth-order valence-electron chi connectivity index (χ4n) is 4.85. The van der Waals surface area contributed by atoms with Crippen molar-refractivity contribution in [1.82, 2.24) is 0 Å². The summed E-state index contributed by atoms with van der Waals surface area (Å²) in [6.45, 7) is 5.74. The maximum atomic E-state index is 13.2. The number of anilines is 1. The molecule has 0 atom stereocenters. The van der Waals surface area contributed by atoms with E-state index >= 15 is 0 Å². The Morgan fingerprint density at radius 1 is 1.16 bits per heavy atom. The monoisotopic (exact) mass is 427 g/mol. The van der Waals surface area contributed by atoms with Crippen LogP contribution in [0.25, 0.3) is 5.57 Å². The molecule has 0 spiro atoms. The average molecular weight is 427 g/mol. The number of nitro groups is 1. The molecule has 1 N–H and O–H groups in total. The fraction of sp³-hybridized carbons (Fsp3) is 0.200. The number of nitrogens with zero attached hydrogens (tertiary/aromatic N) is 3. The van der Waals surface area contributed by atoms with Gasteiger partial charge in [-0.15, -0.1) is 0 Å². The maximum absolute atomic E-state index is 13.2. The van der Waals surface area contributed by atoms with E-state index in [0.717, 1.165) is 28.2 Å². The normalized spacial score (nSPS) is 22.1. The van der Waals surface area contributed by atoms with Crippen LogP contribution in [-0.4, -0.2) is 28.6 Å². The number of aliphatic hydroxyl groups is 1. The second-order valence-corrected chi connectivity index (χ2v) is 8.73. The number of carbonyl (C=O) groups is 1. The van der Waals surface area contributed by atoms with Gasteiger partial charge in [0, 0.05) is 52.8 Å². The van der Waals surface area contributed by atoms with Crippen LogP contribution in [0.3, 0.4) is 0 Å². The molecule has 7 heteroatoms. The smallest absolute Gasteiger partial charge is 0.269 e. The molecule has 0 amide bonds. The molecule has 5 rings (SSSR count). The van der Waals surface area contributed by atoms with Crippen LogP contribution < -0.4 is 4.90 Å². The molecule has 0 fully saturated rings. The Balaban J connectivity index is 1.61. The van der Waals surface area contributed by atoms with Crippen LogP contribution in [0.15, 0.2) is 76.1 Å². The summed E-state index contributed by atoms with van der Waals surface area (Å²) in [7, 11) is 1.86. The topological polar surface area (TPSA) is 96.0 Å². The predicted molar refractivity (Wildman–Crippen MR) is 123 cm³/mol. The Kier molecular flexibility index (Phi) is 4.05. The largest absolute Gasteiger partial charge is 0.506 e. The third kappa shape index (κ3) is 2.54. The number of aliphatic imine (C=N–C) groups is 1. The van der Waals surface area contributed by atoms with Crippen LogP contribution in [0, 0.1) is 10.1 Å². The standard InChI is InChI=1S/C25H21N3O4/c1-13-21(15-7-5-6-8-18(15)26-13)22-23(29)16(24(22)30)12-20-25(2,3)17-11-14(28(31)32)9-10-19(17)27(20)4/h5-12,29H,1-4H3. The van der Waals surface area contributed by atoms with Gasteiger partial charge in [-0.3, -0.25) is 19.9 Å². The van der Waals surface area contributed by atoms with Crippen molar-refractivity contribution >= 4 is 34.1 Å². The van der Waals surface area contributed by atoms with Crippen molar-refractivity contribution < 1.29 is 14.8 Å². The van der Waals surface area contributed by atoms with Crippen molar-refractivity contribution in [2.24, 2.45) is 4.99 Å². The number of aliphatic hydroxyl groups excluding tert-OH is 1. The van der Waals surface area contributed by atoms with Gasteiger partial charge in [-0.25, -0.2) is 0 Å². The van der Waals surface area contributed by atoms with Gasteiger partial charge in [0.05, 0.1) is 21.8 Å². The molecular formula is C25H21N3O4. The zero-order valence-corrected chi connectivity index (χ0v) is 18.1. The molecule has 160 valence electrons.